The molecule has 1 saturated heterocycles. The summed E-state index contributed by atoms with van der Waals surface area (Å²) in [5.74, 6) is 1.68. The molecule has 0 aromatic heterocycles. The second-order valence-electron chi connectivity index (χ2n) is 7.90. The predicted molar refractivity (Wildman–Crippen MR) is 102 cm³/mol. The van der Waals surface area contributed by atoms with E-state index >= 15 is 0 Å². The van der Waals surface area contributed by atoms with Crippen LogP contribution >= 0.6 is 0 Å². The van der Waals surface area contributed by atoms with Gasteiger partial charge in [-0.2, -0.15) is 0 Å². The molecule has 7 heteroatoms. The number of guanidine groups is 1. The van der Waals surface area contributed by atoms with E-state index in [0.717, 1.165) is 31.5 Å². The van der Waals surface area contributed by atoms with Crippen LogP contribution in [0.2, 0.25) is 0 Å². The van der Waals surface area contributed by atoms with Gasteiger partial charge in [0.05, 0.1) is 5.75 Å². The lowest BCUT2D eigenvalue weighted by Crippen LogP contribution is -2.56. The van der Waals surface area contributed by atoms with Gasteiger partial charge in [0.25, 0.3) is 0 Å². The van der Waals surface area contributed by atoms with Gasteiger partial charge < -0.3 is 10.6 Å². The summed E-state index contributed by atoms with van der Waals surface area (Å²) in [6, 6.07) is 0.0593. The number of hydrogen-bond donors (Lipinski definition) is 2. The Balaban J connectivity index is 2.47. The van der Waals surface area contributed by atoms with Crippen molar-refractivity contribution in [3.05, 3.63) is 0 Å². The minimum Gasteiger partial charge on any atom is -0.355 e. The summed E-state index contributed by atoms with van der Waals surface area (Å²) in [5.41, 5.74) is 0.0578. The Morgan fingerprint density at radius 2 is 2.08 bits per heavy atom. The molecule has 142 valence electrons. The lowest BCUT2D eigenvalue weighted by atomic mass is 9.93. The first-order valence-corrected chi connectivity index (χ1v) is 11.0. The van der Waals surface area contributed by atoms with Crippen molar-refractivity contribution < 1.29 is 8.42 Å². The molecule has 0 radical (unpaired) electrons. The molecule has 0 saturated carbocycles. The van der Waals surface area contributed by atoms with E-state index in [9.17, 15) is 8.42 Å². The van der Waals surface area contributed by atoms with Crippen molar-refractivity contribution in [1.82, 2.24) is 15.5 Å². The van der Waals surface area contributed by atoms with Crippen molar-refractivity contribution in [3.63, 3.8) is 0 Å². The highest BCUT2D eigenvalue weighted by molar-refractivity contribution is 7.90. The summed E-state index contributed by atoms with van der Waals surface area (Å²) in [5, 5.41) is 6.68. The molecule has 0 aromatic carbocycles. The summed E-state index contributed by atoms with van der Waals surface area (Å²) in [4.78, 5) is 6.81. The van der Waals surface area contributed by atoms with Crippen LogP contribution in [-0.2, 0) is 9.84 Å². The van der Waals surface area contributed by atoms with E-state index in [1.807, 2.05) is 6.92 Å². The number of rotatable bonds is 7. The maximum atomic E-state index is 11.3. The van der Waals surface area contributed by atoms with Crippen LogP contribution in [0.25, 0.3) is 0 Å². The van der Waals surface area contributed by atoms with Gasteiger partial charge in [0.15, 0.2) is 5.96 Å². The zero-order chi connectivity index (χ0) is 18.4. The van der Waals surface area contributed by atoms with E-state index in [4.69, 9.17) is 0 Å². The van der Waals surface area contributed by atoms with Crippen LogP contribution in [-0.4, -0.2) is 69.5 Å². The Hall–Kier alpha value is -0.820. The largest absolute Gasteiger partial charge is 0.355 e. The third kappa shape index (κ3) is 7.83. The van der Waals surface area contributed by atoms with E-state index in [0.29, 0.717) is 6.42 Å². The molecule has 2 N–H and O–H groups in total. The third-order valence-corrected chi connectivity index (χ3v) is 5.71. The Bertz CT molecular complexity index is 517. The molecule has 24 heavy (non-hydrogen) atoms. The number of hydrogen-bond acceptors (Lipinski definition) is 4. The first-order valence-electron chi connectivity index (χ1n) is 8.93. The average molecular weight is 361 g/mol. The Labute approximate surface area is 148 Å². The zero-order valence-electron chi connectivity index (χ0n) is 16.2. The molecule has 2 unspecified atom stereocenters. The minimum atomic E-state index is -2.92. The molecule has 1 heterocycles. The highest BCUT2D eigenvalue weighted by Crippen LogP contribution is 2.23. The fourth-order valence-corrected chi connectivity index (χ4v) is 3.82. The first kappa shape index (κ1) is 21.2. The molecule has 1 fully saturated rings. The van der Waals surface area contributed by atoms with E-state index in [1.165, 1.54) is 19.1 Å². The summed E-state index contributed by atoms with van der Waals surface area (Å²) in [6.45, 7) is 11.9. The summed E-state index contributed by atoms with van der Waals surface area (Å²) in [6.07, 6.45) is 4.43. The van der Waals surface area contributed by atoms with Gasteiger partial charge in [-0.25, -0.2) is 8.42 Å². The minimum absolute atomic E-state index is 0.0578. The van der Waals surface area contributed by atoms with Crippen LogP contribution in [0.4, 0.5) is 0 Å². The number of aliphatic imine (C=N–C) groups is 1. The number of sulfone groups is 1. The zero-order valence-corrected chi connectivity index (χ0v) is 17.0. The number of nitrogens with zero attached hydrogens (tertiary/aromatic N) is 2. The maximum Gasteiger partial charge on any atom is 0.191 e. The normalized spacial score (nSPS) is 22.2. The van der Waals surface area contributed by atoms with Gasteiger partial charge in [-0.3, -0.25) is 9.89 Å². The lowest BCUT2D eigenvalue weighted by Gasteiger charge is -2.43. The monoisotopic (exact) mass is 360 g/mol. The van der Waals surface area contributed by atoms with Crippen molar-refractivity contribution in [2.75, 3.05) is 38.7 Å². The quantitative estimate of drug-likeness (QED) is 0.531. The van der Waals surface area contributed by atoms with Gasteiger partial charge in [0, 0.05) is 38.0 Å². The van der Waals surface area contributed by atoms with Crippen LogP contribution in [0.5, 0.6) is 0 Å². The fraction of sp³-hybridized carbons (Fsp3) is 0.941. The van der Waals surface area contributed by atoms with Crippen LogP contribution in [0.3, 0.4) is 0 Å². The molecule has 1 aliphatic heterocycles. The van der Waals surface area contributed by atoms with Gasteiger partial charge in [-0.05, 0) is 52.5 Å². The molecule has 6 nitrogen and oxygen atoms in total. The standard InChI is InChI=1S/C17H36N4O2S/c1-14-8-7-10-21(12-14)17(3,4)13-19-16(18-5)20-15(2)9-11-24(6,22)23/h14-15H,7-13H2,1-6H3,(H2,18,19,20). The topological polar surface area (TPSA) is 73.8 Å². The molecular weight excluding hydrogens is 324 g/mol. The predicted octanol–water partition coefficient (Wildman–Crippen LogP) is 1.49. The number of nitrogens with one attached hydrogen (secondary N) is 2. The van der Waals surface area contributed by atoms with Crippen LogP contribution in [0, 0.1) is 5.92 Å². The van der Waals surface area contributed by atoms with Gasteiger partial charge in [-0.1, -0.05) is 6.92 Å². The highest BCUT2D eigenvalue weighted by atomic mass is 32.2. The van der Waals surface area contributed by atoms with Gasteiger partial charge in [0.2, 0.25) is 0 Å². The molecule has 2 atom stereocenters. The van der Waals surface area contributed by atoms with Gasteiger partial charge in [0.1, 0.15) is 9.84 Å². The molecule has 0 bridgehead atoms. The van der Waals surface area contributed by atoms with Gasteiger partial charge in [-0.15, -0.1) is 0 Å². The Kier molecular flexibility index (Phi) is 7.99. The van der Waals surface area contributed by atoms with E-state index < -0.39 is 9.84 Å². The molecular formula is C17H36N4O2S. The molecule has 1 rings (SSSR count). The summed E-state index contributed by atoms with van der Waals surface area (Å²) < 4.78 is 22.5. The second-order valence-corrected chi connectivity index (χ2v) is 10.2. The lowest BCUT2D eigenvalue weighted by molar-refractivity contribution is 0.0739. The molecule has 0 amide bonds. The van der Waals surface area contributed by atoms with Crippen LogP contribution in [0.1, 0.15) is 47.0 Å². The average Bonchev–Trinajstić information content (AvgIpc) is 2.48. The van der Waals surface area contributed by atoms with Crippen molar-refractivity contribution in [3.8, 4) is 0 Å². The van der Waals surface area contributed by atoms with Crippen LogP contribution < -0.4 is 10.6 Å². The van der Waals surface area contributed by atoms with Crippen molar-refractivity contribution in [2.45, 2.75) is 58.5 Å². The van der Waals surface area contributed by atoms with E-state index in [2.05, 4.69) is 41.3 Å². The van der Waals surface area contributed by atoms with Crippen molar-refractivity contribution >= 4 is 15.8 Å². The molecule has 1 aliphatic rings. The molecule has 0 aliphatic carbocycles. The Morgan fingerprint density at radius 3 is 2.62 bits per heavy atom. The number of likely N-dealkylation sites (tertiary alicyclic amines) is 1. The number of piperidine rings is 1. The maximum absolute atomic E-state index is 11.3. The smallest absolute Gasteiger partial charge is 0.191 e. The van der Waals surface area contributed by atoms with E-state index in [-0.39, 0.29) is 17.3 Å². The Morgan fingerprint density at radius 1 is 1.42 bits per heavy atom. The fourth-order valence-electron chi connectivity index (χ4n) is 3.04. The summed E-state index contributed by atoms with van der Waals surface area (Å²) in [7, 11) is -1.18. The second kappa shape index (κ2) is 9.04. The molecule has 0 aromatic rings. The van der Waals surface area contributed by atoms with E-state index in [1.54, 1.807) is 7.05 Å². The highest BCUT2D eigenvalue weighted by Gasteiger charge is 2.30. The van der Waals surface area contributed by atoms with Gasteiger partial charge >= 0.3 is 0 Å². The summed E-state index contributed by atoms with van der Waals surface area (Å²) >= 11 is 0. The van der Waals surface area contributed by atoms with Crippen LogP contribution in [0.15, 0.2) is 4.99 Å². The first-order chi connectivity index (χ1) is 11.0. The van der Waals surface area contributed by atoms with Crippen molar-refractivity contribution in [2.24, 2.45) is 10.9 Å². The molecule has 0 spiro atoms. The SMILES string of the molecule is CN=C(NCC(C)(C)N1CCCC(C)C1)NC(C)CCS(C)(=O)=O. The third-order valence-electron chi connectivity index (χ3n) is 4.73. The van der Waals surface area contributed by atoms with Crippen molar-refractivity contribution in [1.29, 1.82) is 0 Å².